The summed E-state index contributed by atoms with van der Waals surface area (Å²) >= 11 is 0.742. The van der Waals surface area contributed by atoms with Crippen molar-refractivity contribution in [1.82, 2.24) is 9.97 Å². The average Bonchev–Trinajstić information content (AvgIpc) is 2.88. The highest BCUT2D eigenvalue weighted by Gasteiger charge is 2.26. The molecule has 2 aromatic heterocycles. The van der Waals surface area contributed by atoms with Crippen LogP contribution < -0.4 is 9.62 Å². The molecule has 112 valence electrons. The molecule has 2 heterocycles. The van der Waals surface area contributed by atoms with E-state index >= 15 is 0 Å². The Morgan fingerprint density at radius 2 is 2.10 bits per heavy atom. The van der Waals surface area contributed by atoms with Gasteiger partial charge in [-0.05, 0) is 12.1 Å². The van der Waals surface area contributed by atoms with Crippen LogP contribution in [0.1, 0.15) is 10.5 Å². The first-order valence-corrected chi connectivity index (χ1v) is 8.01. The number of carbonyl (C=O) groups is 1. The minimum atomic E-state index is -4.04. The van der Waals surface area contributed by atoms with Crippen molar-refractivity contribution in [2.75, 3.05) is 23.7 Å². The summed E-state index contributed by atoms with van der Waals surface area (Å²) in [6, 6.07) is 3.12. The molecule has 10 heteroatoms. The molecule has 0 bridgehead atoms. The van der Waals surface area contributed by atoms with Gasteiger partial charge in [0.1, 0.15) is 0 Å². The van der Waals surface area contributed by atoms with E-state index in [-0.39, 0.29) is 9.90 Å². The Kier molecular flexibility index (Phi) is 4.09. The molecule has 0 aromatic carbocycles. The lowest BCUT2D eigenvalue weighted by Crippen LogP contribution is -2.19. The number of hydrogen-bond donors (Lipinski definition) is 2. The first kappa shape index (κ1) is 15.2. The van der Waals surface area contributed by atoms with Gasteiger partial charge in [-0.25, -0.2) is 23.2 Å². The van der Waals surface area contributed by atoms with Gasteiger partial charge in [0.25, 0.3) is 10.0 Å². The second kappa shape index (κ2) is 5.66. The van der Waals surface area contributed by atoms with Gasteiger partial charge in [0, 0.05) is 20.3 Å². The average molecular weight is 328 g/mol. The SMILES string of the molecule is CN(C)c1ncccc1NS(=O)(=O)c1scnc1C(=O)O. The maximum atomic E-state index is 12.3. The number of hydrogen-bond acceptors (Lipinski definition) is 7. The Balaban J connectivity index is 2.43. The number of pyridine rings is 1. The predicted molar refractivity (Wildman–Crippen MR) is 78.4 cm³/mol. The Labute approximate surface area is 125 Å². The molecule has 0 atom stereocenters. The number of thiazole rings is 1. The monoisotopic (exact) mass is 328 g/mol. The smallest absolute Gasteiger partial charge is 0.356 e. The van der Waals surface area contributed by atoms with Crippen LogP contribution in [0, 0.1) is 0 Å². The maximum Gasteiger partial charge on any atom is 0.356 e. The van der Waals surface area contributed by atoms with Crippen LogP contribution in [0.15, 0.2) is 28.0 Å². The van der Waals surface area contributed by atoms with Gasteiger partial charge in [0.05, 0.1) is 11.2 Å². The summed E-state index contributed by atoms with van der Waals surface area (Å²) < 4.78 is 26.6. The molecule has 0 aliphatic heterocycles. The topological polar surface area (TPSA) is 112 Å². The molecule has 0 saturated carbocycles. The summed E-state index contributed by atoms with van der Waals surface area (Å²) in [7, 11) is -0.608. The molecule has 0 amide bonds. The first-order chi connectivity index (χ1) is 9.83. The number of rotatable bonds is 5. The van der Waals surface area contributed by atoms with Crippen molar-refractivity contribution in [2.24, 2.45) is 0 Å². The molecule has 0 saturated heterocycles. The highest BCUT2D eigenvalue weighted by Crippen LogP contribution is 2.27. The molecule has 2 aromatic rings. The zero-order valence-corrected chi connectivity index (χ0v) is 12.8. The summed E-state index contributed by atoms with van der Waals surface area (Å²) in [5, 5.41) is 8.96. The number of anilines is 2. The van der Waals surface area contributed by atoms with E-state index in [4.69, 9.17) is 5.11 Å². The van der Waals surface area contributed by atoms with E-state index in [1.165, 1.54) is 11.7 Å². The number of aromatic carboxylic acids is 1. The fraction of sp³-hybridized carbons (Fsp3) is 0.182. The highest BCUT2D eigenvalue weighted by molar-refractivity contribution is 7.94. The Morgan fingerprint density at radius 3 is 2.71 bits per heavy atom. The van der Waals surface area contributed by atoms with Crippen molar-refractivity contribution < 1.29 is 18.3 Å². The highest BCUT2D eigenvalue weighted by atomic mass is 32.2. The van der Waals surface area contributed by atoms with Gasteiger partial charge in [-0.2, -0.15) is 0 Å². The van der Waals surface area contributed by atoms with Gasteiger partial charge in [0.15, 0.2) is 15.7 Å². The second-order valence-electron chi connectivity index (χ2n) is 4.17. The Morgan fingerprint density at radius 1 is 1.38 bits per heavy atom. The van der Waals surface area contributed by atoms with Gasteiger partial charge in [0.2, 0.25) is 0 Å². The van der Waals surface area contributed by atoms with Crippen LogP contribution in [-0.2, 0) is 10.0 Å². The van der Waals surface area contributed by atoms with Crippen molar-refractivity contribution in [1.29, 1.82) is 0 Å². The van der Waals surface area contributed by atoms with E-state index in [9.17, 15) is 13.2 Å². The second-order valence-corrected chi connectivity index (χ2v) is 6.90. The molecule has 0 spiro atoms. The fourth-order valence-electron chi connectivity index (χ4n) is 1.59. The number of aromatic nitrogens is 2. The minimum absolute atomic E-state index is 0.257. The minimum Gasteiger partial charge on any atom is -0.476 e. The third kappa shape index (κ3) is 3.11. The first-order valence-electron chi connectivity index (χ1n) is 5.65. The molecule has 0 unspecified atom stereocenters. The van der Waals surface area contributed by atoms with E-state index in [1.807, 2.05) is 0 Å². The summed E-state index contributed by atoms with van der Waals surface area (Å²) in [5.41, 5.74) is 0.934. The maximum absolute atomic E-state index is 12.3. The summed E-state index contributed by atoms with van der Waals surface area (Å²) in [6.45, 7) is 0. The van der Waals surface area contributed by atoms with Crippen LogP contribution in [0.4, 0.5) is 11.5 Å². The fourth-order valence-corrected chi connectivity index (χ4v) is 3.80. The number of carboxylic acid groups (broad SMARTS) is 1. The van der Waals surface area contributed by atoms with Crippen LogP contribution in [0.25, 0.3) is 0 Å². The van der Waals surface area contributed by atoms with Gasteiger partial charge in [-0.3, -0.25) is 4.72 Å². The molecule has 0 radical (unpaired) electrons. The molecule has 8 nitrogen and oxygen atoms in total. The van der Waals surface area contributed by atoms with Gasteiger partial charge >= 0.3 is 5.97 Å². The Hall–Kier alpha value is -2.20. The van der Waals surface area contributed by atoms with Gasteiger partial charge < -0.3 is 10.0 Å². The standard InChI is InChI=1S/C11H12N4O4S2/c1-15(2)9-7(4-3-5-12-9)14-21(18,19)11-8(10(16)17)13-6-20-11/h3-6,14H,1-2H3,(H,16,17). The molecule has 2 N–H and O–H groups in total. The molecule has 0 fully saturated rings. The van der Waals surface area contributed by atoms with E-state index in [2.05, 4.69) is 14.7 Å². The third-order valence-corrected chi connectivity index (χ3v) is 5.17. The van der Waals surface area contributed by atoms with Crippen molar-refractivity contribution >= 4 is 38.8 Å². The molecular formula is C11H12N4O4S2. The summed E-state index contributed by atoms with van der Waals surface area (Å²) in [5.74, 6) is -0.974. The molecule has 2 rings (SSSR count). The van der Waals surface area contributed by atoms with Crippen LogP contribution >= 0.6 is 11.3 Å². The van der Waals surface area contributed by atoms with Crippen LogP contribution in [0.5, 0.6) is 0 Å². The van der Waals surface area contributed by atoms with E-state index in [0.29, 0.717) is 5.82 Å². The van der Waals surface area contributed by atoms with Crippen LogP contribution in [0.3, 0.4) is 0 Å². The number of nitrogens with zero attached hydrogens (tertiary/aromatic N) is 3. The summed E-state index contributed by atoms with van der Waals surface area (Å²) in [4.78, 5) is 20.3. The predicted octanol–water partition coefficient (Wildman–Crippen LogP) is 1.10. The van der Waals surface area contributed by atoms with Crippen molar-refractivity contribution in [3.8, 4) is 0 Å². The lowest BCUT2D eigenvalue weighted by Gasteiger charge is -2.16. The van der Waals surface area contributed by atoms with Crippen LogP contribution in [-0.4, -0.2) is 43.6 Å². The lowest BCUT2D eigenvalue weighted by atomic mass is 10.4. The normalized spacial score (nSPS) is 11.1. The molecule has 21 heavy (non-hydrogen) atoms. The van der Waals surface area contributed by atoms with E-state index in [1.54, 1.807) is 31.1 Å². The molecule has 0 aliphatic rings. The van der Waals surface area contributed by atoms with Crippen molar-refractivity contribution in [3.63, 3.8) is 0 Å². The number of sulfonamides is 1. The summed E-state index contributed by atoms with van der Waals surface area (Å²) in [6.07, 6.45) is 1.53. The molecule has 0 aliphatic carbocycles. The van der Waals surface area contributed by atoms with Gasteiger partial charge in [-0.15, -0.1) is 11.3 Å². The largest absolute Gasteiger partial charge is 0.476 e. The Bertz CT molecular complexity index is 770. The zero-order chi connectivity index (χ0) is 15.6. The van der Waals surface area contributed by atoms with Crippen LogP contribution in [0.2, 0.25) is 0 Å². The third-order valence-electron chi connectivity index (χ3n) is 2.44. The quantitative estimate of drug-likeness (QED) is 0.845. The van der Waals surface area contributed by atoms with Crippen molar-refractivity contribution in [2.45, 2.75) is 4.21 Å². The molecular weight excluding hydrogens is 316 g/mol. The van der Waals surface area contributed by atoms with E-state index in [0.717, 1.165) is 11.3 Å². The number of nitrogens with one attached hydrogen (secondary N) is 1. The zero-order valence-electron chi connectivity index (χ0n) is 11.1. The number of carboxylic acids is 1. The lowest BCUT2D eigenvalue weighted by molar-refractivity contribution is 0.0687. The van der Waals surface area contributed by atoms with Crippen molar-refractivity contribution in [3.05, 3.63) is 29.5 Å². The van der Waals surface area contributed by atoms with E-state index < -0.39 is 21.7 Å². The van der Waals surface area contributed by atoms with Gasteiger partial charge in [-0.1, -0.05) is 0 Å².